The molecule has 0 aromatic heterocycles. The Labute approximate surface area is 235 Å². The van der Waals surface area contributed by atoms with Crippen LogP contribution in [0.1, 0.15) is 45.1 Å². The number of benzene rings is 2. The van der Waals surface area contributed by atoms with E-state index in [1.165, 1.54) is 0 Å². The topological polar surface area (TPSA) is 117 Å². The van der Waals surface area contributed by atoms with E-state index in [9.17, 15) is 19.5 Å². The number of aliphatic hydroxyl groups is 1. The number of carbonyl (C=O) groups is 3. The number of amides is 3. The molecule has 214 valence electrons. The molecule has 6 atom stereocenters. The Balaban J connectivity index is 1.45. The minimum atomic E-state index is -1.10. The summed E-state index contributed by atoms with van der Waals surface area (Å²) in [5.74, 6) is -1.61. The second kappa shape index (κ2) is 11.2. The van der Waals surface area contributed by atoms with Crippen molar-refractivity contribution in [3.05, 3.63) is 60.2 Å². The van der Waals surface area contributed by atoms with Gasteiger partial charge < -0.3 is 30.1 Å². The van der Waals surface area contributed by atoms with Crippen molar-refractivity contribution < 1.29 is 29.0 Å². The number of fused-ring (bicyclic) bond motifs is 1. The van der Waals surface area contributed by atoms with Crippen LogP contribution in [0.3, 0.4) is 0 Å². The van der Waals surface area contributed by atoms with Gasteiger partial charge in [-0.1, -0.05) is 37.3 Å². The van der Waals surface area contributed by atoms with Crippen molar-refractivity contribution in [2.24, 2.45) is 17.8 Å². The van der Waals surface area contributed by atoms with Crippen molar-refractivity contribution in [2.45, 2.75) is 63.3 Å². The number of methoxy groups -OCH3 is 1. The average Bonchev–Trinajstić information content (AvgIpc) is 3.47. The predicted octanol–water partition coefficient (Wildman–Crippen LogP) is 3.12. The molecular weight excluding hydrogens is 510 g/mol. The molecular formula is C31H39N3O6. The summed E-state index contributed by atoms with van der Waals surface area (Å²) in [4.78, 5) is 43.5. The van der Waals surface area contributed by atoms with E-state index in [0.29, 0.717) is 43.8 Å². The molecule has 9 nitrogen and oxygen atoms in total. The lowest BCUT2D eigenvalue weighted by atomic mass is 9.62. The highest BCUT2D eigenvalue weighted by Crippen LogP contribution is 2.65. The molecule has 3 saturated heterocycles. The van der Waals surface area contributed by atoms with Gasteiger partial charge in [-0.2, -0.15) is 0 Å². The lowest BCUT2D eigenvalue weighted by Gasteiger charge is -2.36. The number of aliphatic hydroxyl groups excluding tert-OH is 1. The summed E-state index contributed by atoms with van der Waals surface area (Å²) < 4.78 is 12.0. The molecule has 1 spiro atoms. The lowest BCUT2D eigenvalue weighted by Crippen LogP contribution is -2.54. The molecule has 2 aromatic rings. The van der Waals surface area contributed by atoms with Gasteiger partial charge >= 0.3 is 0 Å². The number of nitrogens with zero attached hydrogens (tertiary/aromatic N) is 1. The highest BCUT2D eigenvalue weighted by atomic mass is 16.5. The number of rotatable bonds is 11. The zero-order valence-corrected chi connectivity index (χ0v) is 23.4. The molecule has 3 amide bonds. The first-order valence-corrected chi connectivity index (χ1v) is 14.1. The van der Waals surface area contributed by atoms with Crippen LogP contribution in [0.25, 0.3) is 0 Å². The van der Waals surface area contributed by atoms with E-state index in [2.05, 4.69) is 10.6 Å². The minimum absolute atomic E-state index is 0.0327. The van der Waals surface area contributed by atoms with Gasteiger partial charge in [-0.05, 0) is 68.4 Å². The molecule has 0 radical (unpaired) electrons. The van der Waals surface area contributed by atoms with Crippen molar-refractivity contribution in [3.63, 3.8) is 0 Å². The predicted molar refractivity (Wildman–Crippen MR) is 149 cm³/mol. The first kappa shape index (κ1) is 28.1. The van der Waals surface area contributed by atoms with Crippen molar-refractivity contribution >= 4 is 23.4 Å². The summed E-state index contributed by atoms with van der Waals surface area (Å²) in [7, 11) is 1.58. The van der Waals surface area contributed by atoms with Crippen LogP contribution >= 0.6 is 0 Å². The third kappa shape index (κ3) is 4.75. The van der Waals surface area contributed by atoms with Gasteiger partial charge in [0.25, 0.3) is 0 Å². The van der Waals surface area contributed by atoms with E-state index in [-0.39, 0.29) is 30.2 Å². The minimum Gasteiger partial charge on any atom is -0.497 e. The zero-order chi connectivity index (χ0) is 28.5. The van der Waals surface area contributed by atoms with Crippen LogP contribution < -0.4 is 15.4 Å². The van der Waals surface area contributed by atoms with E-state index in [1.54, 1.807) is 36.3 Å². The van der Waals surface area contributed by atoms with E-state index >= 15 is 0 Å². The highest BCUT2D eigenvalue weighted by molar-refractivity contribution is 6.03. The number of ether oxygens (including phenoxy) is 2. The van der Waals surface area contributed by atoms with Gasteiger partial charge in [0.05, 0.1) is 24.5 Å². The van der Waals surface area contributed by atoms with E-state index in [4.69, 9.17) is 9.47 Å². The Morgan fingerprint density at radius 3 is 2.48 bits per heavy atom. The molecule has 0 saturated carbocycles. The fraction of sp³-hybridized carbons (Fsp3) is 0.516. The van der Waals surface area contributed by atoms with Crippen LogP contribution in [0.15, 0.2) is 54.6 Å². The first-order chi connectivity index (χ1) is 19.2. The molecule has 40 heavy (non-hydrogen) atoms. The fourth-order valence-electron chi connectivity index (χ4n) is 7.03. The number of hydrogen-bond donors (Lipinski definition) is 3. The fourth-order valence-corrected chi connectivity index (χ4v) is 7.03. The molecule has 3 heterocycles. The van der Waals surface area contributed by atoms with E-state index in [0.717, 1.165) is 12.0 Å². The molecule has 3 unspecified atom stereocenters. The smallest absolute Gasteiger partial charge is 0.250 e. The Bertz CT molecular complexity index is 1240. The molecule has 3 aliphatic heterocycles. The molecule has 3 fully saturated rings. The van der Waals surface area contributed by atoms with Crippen LogP contribution in [-0.2, 0) is 25.7 Å². The molecule has 3 N–H and O–H groups in total. The summed E-state index contributed by atoms with van der Waals surface area (Å²) in [6.45, 7) is 4.72. The maximum absolute atomic E-state index is 14.1. The van der Waals surface area contributed by atoms with Gasteiger partial charge in [0.15, 0.2) is 0 Å². The SMILES string of the molecule is COc1ccc(NC(=O)C2N(CCCCCO)C(=O)[C@@H]3[C@H](C(=O)NCc4ccccc4)[C@@]4(C)OC23CC4C)cc1. The van der Waals surface area contributed by atoms with Crippen LogP contribution in [0.2, 0.25) is 0 Å². The number of anilines is 1. The van der Waals surface area contributed by atoms with E-state index < -0.39 is 29.1 Å². The Kier molecular flexibility index (Phi) is 7.88. The normalized spacial score (nSPS) is 30.3. The summed E-state index contributed by atoms with van der Waals surface area (Å²) in [5.41, 5.74) is -0.425. The first-order valence-electron chi connectivity index (χ1n) is 14.1. The largest absolute Gasteiger partial charge is 0.497 e. The molecule has 2 bridgehead atoms. The quantitative estimate of drug-likeness (QED) is 0.371. The van der Waals surface area contributed by atoms with Crippen molar-refractivity contribution in [3.8, 4) is 5.75 Å². The van der Waals surface area contributed by atoms with Gasteiger partial charge in [0.2, 0.25) is 17.7 Å². The lowest BCUT2D eigenvalue weighted by molar-refractivity contribution is -0.146. The zero-order valence-electron chi connectivity index (χ0n) is 23.4. The second-order valence-corrected chi connectivity index (χ2v) is 11.4. The number of carbonyl (C=O) groups excluding carboxylic acids is 3. The van der Waals surface area contributed by atoms with Gasteiger partial charge in [-0.15, -0.1) is 0 Å². The van der Waals surface area contributed by atoms with Gasteiger partial charge in [-0.25, -0.2) is 0 Å². The Morgan fingerprint density at radius 2 is 1.80 bits per heavy atom. The maximum atomic E-state index is 14.1. The molecule has 9 heteroatoms. The second-order valence-electron chi connectivity index (χ2n) is 11.4. The Hall–Kier alpha value is -3.43. The van der Waals surface area contributed by atoms with Crippen molar-refractivity contribution in [1.29, 1.82) is 0 Å². The summed E-state index contributed by atoms with van der Waals surface area (Å²) >= 11 is 0. The summed E-state index contributed by atoms with van der Waals surface area (Å²) in [6, 6.07) is 15.8. The standard InChI is InChI=1S/C31H39N3O6/c1-20-18-31-25(24(30(20,2)40-31)27(36)32-19-21-10-6-4-7-11-21)29(38)34(16-8-5-9-17-35)26(31)28(37)33-22-12-14-23(39-3)15-13-22/h4,6-7,10-15,20,24-26,35H,5,8-9,16-19H2,1-3H3,(H,32,36)(H,33,37)/t20?,24-,25+,26?,30+,31?/m1/s1. The van der Waals surface area contributed by atoms with Gasteiger partial charge in [0, 0.05) is 25.4 Å². The highest BCUT2D eigenvalue weighted by Gasteiger charge is 2.79. The summed E-state index contributed by atoms with van der Waals surface area (Å²) in [6.07, 6.45) is 2.49. The van der Waals surface area contributed by atoms with Crippen molar-refractivity contribution in [1.82, 2.24) is 10.2 Å². The van der Waals surface area contributed by atoms with Crippen molar-refractivity contribution in [2.75, 3.05) is 25.6 Å². The number of unbranched alkanes of at least 4 members (excludes halogenated alkanes) is 2. The van der Waals surface area contributed by atoms with Crippen LogP contribution in [-0.4, -0.2) is 65.2 Å². The van der Waals surface area contributed by atoms with E-state index in [1.807, 2.05) is 44.2 Å². The number of hydrogen-bond acceptors (Lipinski definition) is 6. The maximum Gasteiger partial charge on any atom is 0.250 e. The molecule has 3 aliphatic rings. The van der Waals surface area contributed by atoms with Gasteiger partial charge in [0.1, 0.15) is 17.4 Å². The molecule has 5 rings (SSSR count). The third-order valence-electron chi connectivity index (χ3n) is 9.07. The van der Waals surface area contributed by atoms with Crippen LogP contribution in [0.4, 0.5) is 5.69 Å². The monoisotopic (exact) mass is 549 g/mol. The number of likely N-dealkylation sites (tertiary alicyclic amines) is 1. The van der Waals surface area contributed by atoms with Crippen LogP contribution in [0.5, 0.6) is 5.75 Å². The molecule has 0 aliphatic carbocycles. The summed E-state index contributed by atoms with van der Waals surface area (Å²) in [5, 5.41) is 15.3. The average molecular weight is 550 g/mol. The number of nitrogens with one attached hydrogen (secondary N) is 2. The Morgan fingerprint density at radius 1 is 1.07 bits per heavy atom. The van der Waals surface area contributed by atoms with Crippen LogP contribution in [0, 0.1) is 17.8 Å². The molecule has 2 aromatic carbocycles. The van der Waals surface area contributed by atoms with Gasteiger partial charge in [-0.3, -0.25) is 14.4 Å². The third-order valence-corrected chi connectivity index (χ3v) is 9.07.